The minimum atomic E-state index is 0.251. The zero-order valence-corrected chi connectivity index (χ0v) is 12.5. The molecule has 2 rings (SSSR count). The van der Waals surface area contributed by atoms with Crippen molar-refractivity contribution in [2.45, 2.75) is 0 Å². The van der Waals surface area contributed by atoms with Gasteiger partial charge in [0.05, 0.1) is 18.7 Å². The molecule has 0 atom stereocenters. The molecule has 0 amide bonds. The number of rotatable bonds is 5. The van der Waals surface area contributed by atoms with E-state index in [0.29, 0.717) is 23.1 Å². The van der Waals surface area contributed by atoms with Crippen molar-refractivity contribution in [1.29, 1.82) is 0 Å². The molecule has 8 heteroatoms. The molecule has 0 radical (unpaired) electrons. The van der Waals surface area contributed by atoms with Crippen LogP contribution in [0.5, 0.6) is 23.1 Å². The van der Waals surface area contributed by atoms with Crippen molar-refractivity contribution in [3.05, 3.63) is 29.0 Å². The predicted octanol–water partition coefficient (Wildman–Crippen LogP) is 2.33. The molecule has 7 nitrogen and oxygen atoms in total. The van der Waals surface area contributed by atoms with E-state index in [4.69, 9.17) is 20.1 Å². The van der Waals surface area contributed by atoms with E-state index in [2.05, 4.69) is 31.3 Å². The van der Waals surface area contributed by atoms with Gasteiger partial charge in [0.15, 0.2) is 5.82 Å². The van der Waals surface area contributed by atoms with Gasteiger partial charge < -0.3 is 19.6 Å². The molecular weight excluding hydrogens is 328 g/mol. The van der Waals surface area contributed by atoms with Crippen molar-refractivity contribution < 1.29 is 14.2 Å². The molecule has 0 aliphatic carbocycles. The Hall–Kier alpha value is -2.06. The SMILES string of the molecule is COc1ccc(Oc2ncnc(NN)c2OC)c(Br)c1. The van der Waals surface area contributed by atoms with Gasteiger partial charge >= 0.3 is 0 Å². The number of methoxy groups -OCH3 is 2. The number of hydrogen-bond acceptors (Lipinski definition) is 7. The second kappa shape index (κ2) is 6.40. The predicted molar refractivity (Wildman–Crippen MR) is 77.2 cm³/mol. The molecule has 0 aliphatic rings. The van der Waals surface area contributed by atoms with Crippen LogP contribution in [0.2, 0.25) is 0 Å². The first-order valence-corrected chi connectivity index (χ1v) is 6.36. The summed E-state index contributed by atoms with van der Waals surface area (Å²) in [6.07, 6.45) is 1.32. The van der Waals surface area contributed by atoms with Crippen molar-refractivity contribution in [1.82, 2.24) is 9.97 Å². The molecule has 106 valence electrons. The number of nitrogens with two attached hydrogens (primary N) is 1. The lowest BCUT2D eigenvalue weighted by Gasteiger charge is -2.12. The van der Waals surface area contributed by atoms with Gasteiger partial charge in [0.1, 0.15) is 17.8 Å². The van der Waals surface area contributed by atoms with Gasteiger partial charge in [0, 0.05) is 0 Å². The third-order valence-corrected chi connectivity index (χ3v) is 3.08. The Kier molecular flexibility index (Phi) is 4.59. The number of nitrogen functional groups attached to an aromatic ring is 1. The van der Waals surface area contributed by atoms with E-state index in [1.165, 1.54) is 13.4 Å². The first kappa shape index (κ1) is 14.4. The molecule has 20 heavy (non-hydrogen) atoms. The molecule has 0 fully saturated rings. The second-order valence-electron chi connectivity index (χ2n) is 3.60. The summed E-state index contributed by atoms with van der Waals surface area (Å²) in [5, 5.41) is 0. The molecule has 0 saturated heterocycles. The van der Waals surface area contributed by atoms with E-state index in [9.17, 15) is 0 Å². The Morgan fingerprint density at radius 2 is 2.00 bits per heavy atom. The van der Waals surface area contributed by atoms with Gasteiger partial charge in [0.2, 0.25) is 5.75 Å². The fraction of sp³-hybridized carbons (Fsp3) is 0.167. The van der Waals surface area contributed by atoms with Crippen LogP contribution in [0, 0.1) is 0 Å². The van der Waals surface area contributed by atoms with Crippen molar-refractivity contribution in [2.24, 2.45) is 5.84 Å². The molecule has 0 bridgehead atoms. The van der Waals surface area contributed by atoms with Crippen LogP contribution in [0.1, 0.15) is 0 Å². The number of halogens is 1. The Morgan fingerprint density at radius 1 is 1.20 bits per heavy atom. The highest BCUT2D eigenvalue weighted by Gasteiger charge is 2.15. The molecule has 2 aromatic rings. The highest BCUT2D eigenvalue weighted by molar-refractivity contribution is 9.10. The van der Waals surface area contributed by atoms with Crippen LogP contribution in [0.4, 0.5) is 5.82 Å². The van der Waals surface area contributed by atoms with E-state index < -0.39 is 0 Å². The van der Waals surface area contributed by atoms with Crippen molar-refractivity contribution in [2.75, 3.05) is 19.6 Å². The minimum absolute atomic E-state index is 0.251. The van der Waals surface area contributed by atoms with Crippen LogP contribution in [-0.2, 0) is 0 Å². The maximum Gasteiger partial charge on any atom is 0.268 e. The van der Waals surface area contributed by atoms with Crippen molar-refractivity contribution >= 4 is 21.7 Å². The Balaban J connectivity index is 2.35. The van der Waals surface area contributed by atoms with Crippen LogP contribution < -0.4 is 25.5 Å². The third kappa shape index (κ3) is 2.91. The molecule has 0 spiro atoms. The molecule has 1 aromatic carbocycles. The number of benzene rings is 1. The van der Waals surface area contributed by atoms with E-state index >= 15 is 0 Å². The standard InChI is InChI=1S/C12H13BrN4O3/c1-18-7-3-4-9(8(13)5-7)20-12-10(19-2)11(17-14)15-6-16-12/h3-6H,14H2,1-2H3,(H,15,16,17). The van der Waals surface area contributed by atoms with Crippen LogP contribution in [0.25, 0.3) is 0 Å². The molecule has 3 N–H and O–H groups in total. The highest BCUT2D eigenvalue weighted by atomic mass is 79.9. The van der Waals surface area contributed by atoms with Crippen molar-refractivity contribution in [3.63, 3.8) is 0 Å². The van der Waals surface area contributed by atoms with Crippen LogP contribution in [0.15, 0.2) is 29.0 Å². The number of anilines is 1. The monoisotopic (exact) mass is 340 g/mol. The maximum atomic E-state index is 5.70. The summed E-state index contributed by atoms with van der Waals surface area (Å²) in [4.78, 5) is 7.97. The summed E-state index contributed by atoms with van der Waals surface area (Å²) < 4.78 is 16.7. The quantitative estimate of drug-likeness (QED) is 0.637. The molecular formula is C12H13BrN4O3. The fourth-order valence-corrected chi connectivity index (χ4v) is 1.95. The Morgan fingerprint density at radius 3 is 2.60 bits per heavy atom. The number of hydrazine groups is 1. The zero-order chi connectivity index (χ0) is 14.5. The highest BCUT2D eigenvalue weighted by Crippen LogP contribution is 2.37. The lowest BCUT2D eigenvalue weighted by Crippen LogP contribution is -2.11. The van der Waals surface area contributed by atoms with Crippen LogP contribution >= 0.6 is 15.9 Å². The van der Waals surface area contributed by atoms with Gasteiger partial charge in [-0.25, -0.2) is 10.8 Å². The summed E-state index contributed by atoms with van der Waals surface area (Å²) in [5.74, 6) is 7.53. The first-order valence-electron chi connectivity index (χ1n) is 5.56. The first-order chi connectivity index (χ1) is 9.69. The zero-order valence-electron chi connectivity index (χ0n) is 10.9. The van der Waals surface area contributed by atoms with Crippen molar-refractivity contribution in [3.8, 4) is 23.1 Å². The number of aromatic nitrogens is 2. The molecule has 0 unspecified atom stereocenters. The lowest BCUT2D eigenvalue weighted by molar-refractivity contribution is 0.367. The summed E-state index contributed by atoms with van der Waals surface area (Å²) in [6, 6.07) is 5.31. The van der Waals surface area contributed by atoms with Gasteiger partial charge in [-0.2, -0.15) is 4.98 Å². The van der Waals surface area contributed by atoms with Gasteiger partial charge in [-0.3, -0.25) is 0 Å². The maximum absolute atomic E-state index is 5.70. The smallest absolute Gasteiger partial charge is 0.268 e. The average molecular weight is 341 g/mol. The van der Waals surface area contributed by atoms with Crippen LogP contribution in [-0.4, -0.2) is 24.2 Å². The second-order valence-corrected chi connectivity index (χ2v) is 4.46. The Labute approximate surface area is 124 Å². The average Bonchev–Trinajstić information content (AvgIpc) is 2.48. The van der Waals surface area contributed by atoms with E-state index in [1.807, 2.05) is 0 Å². The minimum Gasteiger partial charge on any atom is -0.497 e. The normalized spacial score (nSPS) is 10.0. The molecule has 0 saturated carbocycles. The molecule has 1 heterocycles. The topological polar surface area (TPSA) is 91.5 Å². The lowest BCUT2D eigenvalue weighted by atomic mass is 10.3. The number of hydrogen-bond donors (Lipinski definition) is 2. The Bertz CT molecular complexity index is 609. The fourth-order valence-electron chi connectivity index (χ4n) is 1.51. The van der Waals surface area contributed by atoms with E-state index in [0.717, 1.165) is 4.47 Å². The summed E-state index contributed by atoms with van der Waals surface area (Å²) in [6.45, 7) is 0. The van der Waals surface area contributed by atoms with Crippen LogP contribution in [0.3, 0.4) is 0 Å². The summed E-state index contributed by atoms with van der Waals surface area (Å²) >= 11 is 3.40. The number of nitrogens with zero attached hydrogens (tertiary/aromatic N) is 2. The number of ether oxygens (including phenoxy) is 3. The van der Waals surface area contributed by atoms with Gasteiger partial charge in [-0.1, -0.05) is 0 Å². The van der Waals surface area contributed by atoms with Gasteiger partial charge in [-0.05, 0) is 34.1 Å². The third-order valence-electron chi connectivity index (χ3n) is 2.46. The van der Waals surface area contributed by atoms with E-state index in [-0.39, 0.29) is 5.88 Å². The molecule has 1 aromatic heterocycles. The largest absolute Gasteiger partial charge is 0.497 e. The summed E-state index contributed by atoms with van der Waals surface area (Å²) in [7, 11) is 3.07. The van der Waals surface area contributed by atoms with Gasteiger partial charge in [-0.15, -0.1) is 0 Å². The molecule has 0 aliphatic heterocycles. The number of nitrogens with one attached hydrogen (secondary N) is 1. The summed E-state index contributed by atoms with van der Waals surface area (Å²) in [5.41, 5.74) is 2.42. The van der Waals surface area contributed by atoms with Gasteiger partial charge in [0.25, 0.3) is 5.88 Å². The van der Waals surface area contributed by atoms with E-state index in [1.54, 1.807) is 25.3 Å².